The van der Waals surface area contributed by atoms with Gasteiger partial charge in [0.25, 0.3) is 0 Å². The van der Waals surface area contributed by atoms with Crippen LogP contribution in [0.2, 0.25) is 13.1 Å². The van der Waals surface area contributed by atoms with E-state index < -0.39 is 8.56 Å². The molecule has 0 aromatic rings. The molecule has 3 heteroatoms. The van der Waals surface area contributed by atoms with E-state index in [1.54, 1.807) is 0 Å². The molecule has 0 aliphatic carbocycles. The molecular formula is C14H32O2Si. The minimum Gasteiger partial charge on any atom is -0.395 e. The molecule has 0 saturated heterocycles. The van der Waals surface area contributed by atoms with Gasteiger partial charge in [-0.15, -0.1) is 0 Å². The lowest BCUT2D eigenvalue weighted by atomic mass is 10.1. The summed E-state index contributed by atoms with van der Waals surface area (Å²) < 4.78 is 11.8. The third-order valence-corrected chi connectivity index (χ3v) is 4.47. The van der Waals surface area contributed by atoms with Crippen molar-refractivity contribution in [2.24, 2.45) is 5.92 Å². The monoisotopic (exact) mass is 260 g/mol. The highest BCUT2D eigenvalue weighted by Gasteiger charge is 2.24. The maximum Gasteiger partial charge on any atom is 0.331 e. The highest BCUT2D eigenvalue weighted by Crippen LogP contribution is 2.11. The Labute approximate surface area is 109 Å². The van der Waals surface area contributed by atoms with Gasteiger partial charge in [0.15, 0.2) is 0 Å². The lowest BCUT2D eigenvalue weighted by molar-refractivity contribution is 0.159. The Morgan fingerprint density at radius 3 is 2.06 bits per heavy atom. The second-order valence-electron chi connectivity index (χ2n) is 5.72. The van der Waals surface area contributed by atoms with Crippen LogP contribution in [0.1, 0.15) is 59.3 Å². The van der Waals surface area contributed by atoms with Gasteiger partial charge in [-0.05, 0) is 25.4 Å². The SMILES string of the molecule is CCCCCCCCO[Si](C)(C)OCC(C)C. The minimum atomic E-state index is -1.84. The fourth-order valence-corrected chi connectivity index (χ4v) is 3.06. The third-order valence-electron chi connectivity index (χ3n) is 2.71. The van der Waals surface area contributed by atoms with E-state index >= 15 is 0 Å². The van der Waals surface area contributed by atoms with E-state index in [2.05, 4.69) is 33.9 Å². The highest BCUT2D eigenvalue weighted by atomic mass is 28.4. The minimum absolute atomic E-state index is 0.597. The molecule has 0 heterocycles. The smallest absolute Gasteiger partial charge is 0.331 e. The van der Waals surface area contributed by atoms with E-state index in [9.17, 15) is 0 Å². The standard InChI is InChI=1S/C14H32O2Si/c1-6-7-8-9-10-11-12-15-17(4,5)16-13-14(2)3/h14H,6-13H2,1-5H3. The van der Waals surface area contributed by atoms with Crippen LogP contribution >= 0.6 is 0 Å². The zero-order chi connectivity index (χ0) is 13.1. The normalized spacial score (nSPS) is 12.4. The Bertz CT molecular complexity index is 170. The van der Waals surface area contributed by atoms with Crippen molar-refractivity contribution in [3.63, 3.8) is 0 Å². The predicted molar refractivity (Wildman–Crippen MR) is 77.6 cm³/mol. The summed E-state index contributed by atoms with van der Waals surface area (Å²) in [5.74, 6) is 0.597. The zero-order valence-corrected chi connectivity index (χ0v) is 13.6. The Morgan fingerprint density at radius 2 is 1.47 bits per heavy atom. The van der Waals surface area contributed by atoms with Crippen molar-refractivity contribution < 1.29 is 8.85 Å². The van der Waals surface area contributed by atoms with Crippen LogP contribution in [-0.4, -0.2) is 21.8 Å². The first-order valence-electron chi connectivity index (χ1n) is 7.26. The third kappa shape index (κ3) is 12.4. The Kier molecular flexibility index (Phi) is 10.2. The second kappa shape index (κ2) is 10.1. The van der Waals surface area contributed by atoms with Crippen molar-refractivity contribution in [2.75, 3.05) is 13.2 Å². The molecule has 104 valence electrons. The number of hydrogen-bond donors (Lipinski definition) is 0. The Hall–Kier alpha value is 0.137. The molecule has 0 radical (unpaired) electrons. The first-order chi connectivity index (χ1) is 7.98. The summed E-state index contributed by atoms with van der Waals surface area (Å²) in [6.45, 7) is 12.6. The van der Waals surface area contributed by atoms with Gasteiger partial charge in [-0.2, -0.15) is 0 Å². The molecular weight excluding hydrogens is 228 g/mol. The van der Waals surface area contributed by atoms with E-state index in [1.165, 1.54) is 38.5 Å². The maximum absolute atomic E-state index is 5.90. The molecule has 0 atom stereocenters. The molecule has 17 heavy (non-hydrogen) atoms. The Morgan fingerprint density at radius 1 is 0.882 bits per heavy atom. The van der Waals surface area contributed by atoms with Gasteiger partial charge in [0, 0.05) is 13.2 Å². The molecule has 2 nitrogen and oxygen atoms in total. The molecule has 0 saturated carbocycles. The summed E-state index contributed by atoms with van der Waals surface area (Å²) in [6, 6.07) is 0. The van der Waals surface area contributed by atoms with Crippen molar-refractivity contribution in [3.05, 3.63) is 0 Å². The highest BCUT2D eigenvalue weighted by molar-refractivity contribution is 6.64. The maximum atomic E-state index is 5.90. The summed E-state index contributed by atoms with van der Waals surface area (Å²) >= 11 is 0. The van der Waals surface area contributed by atoms with Crippen LogP contribution in [0.25, 0.3) is 0 Å². The summed E-state index contributed by atoms with van der Waals surface area (Å²) in [7, 11) is -1.84. The van der Waals surface area contributed by atoms with Crippen molar-refractivity contribution in [2.45, 2.75) is 72.4 Å². The van der Waals surface area contributed by atoms with Crippen LogP contribution in [0.15, 0.2) is 0 Å². The van der Waals surface area contributed by atoms with Crippen LogP contribution in [-0.2, 0) is 8.85 Å². The fourth-order valence-electron chi connectivity index (χ4n) is 1.61. The summed E-state index contributed by atoms with van der Waals surface area (Å²) in [6.07, 6.45) is 7.91. The summed E-state index contributed by atoms with van der Waals surface area (Å²) in [5.41, 5.74) is 0. The molecule has 0 amide bonds. The summed E-state index contributed by atoms with van der Waals surface area (Å²) in [5, 5.41) is 0. The largest absolute Gasteiger partial charge is 0.395 e. The molecule has 0 aliphatic heterocycles. The van der Waals surface area contributed by atoms with Crippen LogP contribution in [0.3, 0.4) is 0 Å². The first-order valence-corrected chi connectivity index (χ1v) is 10.1. The van der Waals surface area contributed by atoms with Crippen LogP contribution < -0.4 is 0 Å². The molecule has 0 fully saturated rings. The van der Waals surface area contributed by atoms with Gasteiger partial charge in [0.2, 0.25) is 0 Å². The lowest BCUT2D eigenvalue weighted by Crippen LogP contribution is -2.36. The number of hydrogen-bond acceptors (Lipinski definition) is 2. The molecule has 0 aromatic carbocycles. The van der Waals surface area contributed by atoms with Gasteiger partial charge in [0.05, 0.1) is 0 Å². The van der Waals surface area contributed by atoms with Gasteiger partial charge >= 0.3 is 8.56 Å². The van der Waals surface area contributed by atoms with E-state index in [0.717, 1.165) is 13.2 Å². The van der Waals surface area contributed by atoms with Crippen molar-refractivity contribution >= 4 is 8.56 Å². The van der Waals surface area contributed by atoms with E-state index in [-0.39, 0.29) is 0 Å². The van der Waals surface area contributed by atoms with Crippen molar-refractivity contribution in [3.8, 4) is 0 Å². The quantitative estimate of drug-likeness (QED) is 0.395. The van der Waals surface area contributed by atoms with Gasteiger partial charge in [-0.1, -0.05) is 52.9 Å². The number of unbranched alkanes of at least 4 members (excludes halogenated alkanes) is 5. The topological polar surface area (TPSA) is 18.5 Å². The molecule has 0 aliphatic rings. The summed E-state index contributed by atoms with van der Waals surface area (Å²) in [4.78, 5) is 0. The average molecular weight is 260 g/mol. The van der Waals surface area contributed by atoms with Gasteiger partial charge in [0.1, 0.15) is 0 Å². The molecule has 0 spiro atoms. The lowest BCUT2D eigenvalue weighted by Gasteiger charge is -2.24. The second-order valence-corrected chi connectivity index (χ2v) is 9.10. The van der Waals surface area contributed by atoms with Gasteiger partial charge in [-0.3, -0.25) is 0 Å². The van der Waals surface area contributed by atoms with Crippen molar-refractivity contribution in [1.82, 2.24) is 0 Å². The molecule has 0 unspecified atom stereocenters. The van der Waals surface area contributed by atoms with Crippen LogP contribution in [0.5, 0.6) is 0 Å². The Balaban J connectivity index is 3.39. The zero-order valence-electron chi connectivity index (χ0n) is 12.6. The molecule has 0 aromatic heterocycles. The molecule has 0 rings (SSSR count). The van der Waals surface area contributed by atoms with E-state index in [1.807, 2.05) is 0 Å². The van der Waals surface area contributed by atoms with Gasteiger partial charge < -0.3 is 8.85 Å². The van der Waals surface area contributed by atoms with Crippen molar-refractivity contribution in [1.29, 1.82) is 0 Å². The number of rotatable bonds is 11. The molecule has 0 N–H and O–H groups in total. The first kappa shape index (κ1) is 17.1. The van der Waals surface area contributed by atoms with Gasteiger partial charge in [-0.25, -0.2) is 0 Å². The van der Waals surface area contributed by atoms with E-state index in [4.69, 9.17) is 8.85 Å². The van der Waals surface area contributed by atoms with Crippen LogP contribution in [0, 0.1) is 5.92 Å². The fraction of sp³-hybridized carbons (Fsp3) is 1.00. The van der Waals surface area contributed by atoms with Crippen LogP contribution in [0.4, 0.5) is 0 Å². The molecule has 0 bridgehead atoms. The average Bonchev–Trinajstić information content (AvgIpc) is 2.25. The predicted octanol–water partition coefficient (Wildman–Crippen LogP) is 4.74. The van der Waals surface area contributed by atoms with E-state index in [0.29, 0.717) is 5.92 Å².